The van der Waals surface area contributed by atoms with E-state index in [0.29, 0.717) is 24.0 Å². The highest BCUT2D eigenvalue weighted by Crippen LogP contribution is 2.37. The molecule has 2 aromatic heterocycles. The summed E-state index contributed by atoms with van der Waals surface area (Å²) in [7, 11) is 2.05. The van der Waals surface area contributed by atoms with Gasteiger partial charge in [-0.1, -0.05) is 6.42 Å². The van der Waals surface area contributed by atoms with Gasteiger partial charge in [-0.05, 0) is 58.5 Å². The smallest absolute Gasteiger partial charge is 0.123 e. The molecule has 1 saturated carbocycles. The number of nitrogens with zero attached hydrogens (tertiary/aromatic N) is 3. The third-order valence-corrected chi connectivity index (χ3v) is 6.31. The van der Waals surface area contributed by atoms with Crippen LogP contribution >= 0.6 is 0 Å². The fourth-order valence-electron chi connectivity index (χ4n) is 4.68. The molecule has 1 saturated heterocycles. The summed E-state index contributed by atoms with van der Waals surface area (Å²) in [5.74, 6) is 1.72. The fourth-order valence-corrected chi connectivity index (χ4v) is 4.68. The predicted molar refractivity (Wildman–Crippen MR) is 103 cm³/mol. The van der Waals surface area contributed by atoms with E-state index in [-0.39, 0.29) is 0 Å². The van der Waals surface area contributed by atoms with E-state index >= 15 is 0 Å². The minimum absolute atomic E-state index is 0.307. The Morgan fingerprint density at radius 3 is 2.81 bits per heavy atom. The molecule has 4 rings (SSSR count). The molecular formula is C20H32N6. The molecule has 0 aromatic carbocycles. The van der Waals surface area contributed by atoms with Crippen molar-refractivity contribution in [3.63, 3.8) is 0 Å². The standard InChI is InChI=1S/C20H32N6/c1-21-18(12-16-4-2-3-9-23-16)20-24-13-19(25-20)15-5-7-17(8-6-15)26-11-10-22-14-26/h10-11,13-18,21,23H,2-9,12H2,1H3,(H,24,25)/t15?,16?,17?,18-/m0/s1. The minimum atomic E-state index is 0.307. The molecule has 6 nitrogen and oxygen atoms in total. The van der Waals surface area contributed by atoms with Crippen LogP contribution in [-0.4, -0.2) is 39.2 Å². The first kappa shape index (κ1) is 17.7. The molecule has 2 fully saturated rings. The van der Waals surface area contributed by atoms with Crippen molar-refractivity contribution in [2.45, 2.75) is 75.4 Å². The average molecular weight is 357 g/mol. The summed E-state index contributed by atoms with van der Waals surface area (Å²) in [5.41, 5.74) is 1.32. The minimum Gasteiger partial charge on any atom is -0.344 e. The van der Waals surface area contributed by atoms with Crippen LogP contribution in [0.2, 0.25) is 0 Å². The van der Waals surface area contributed by atoms with E-state index in [0.717, 1.165) is 18.8 Å². The van der Waals surface area contributed by atoms with Crippen molar-refractivity contribution >= 4 is 0 Å². The number of H-pyrrole nitrogens is 1. The van der Waals surface area contributed by atoms with E-state index in [1.165, 1.54) is 50.6 Å². The zero-order valence-corrected chi connectivity index (χ0v) is 15.8. The number of imidazole rings is 2. The van der Waals surface area contributed by atoms with E-state index in [2.05, 4.69) is 37.6 Å². The predicted octanol–water partition coefficient (Wildman–Crippen LogP) is 3.30. The van der Waals surface area contributed by atoms with Crippen LogP contribution in [0.3, 0.4) is 0 Å². The Labute approximate surface area is 156 Å². The second kappa shape index (κ2) is 8.35. The van der Waals surface area contributed by atoms with Crippen molar-refractivity contribution in [1.82, 2.24) is 30.2 Å². The van der Waals surface area contributed by atoms with Crippen molar-refractivity contribution in [3.05, 3.63) is 36.4 Å². The zero-order valence-electron chi connectivity index (χ0n) is 15.8. The van der Waals surface area contributed by atoms with Crippen LogP contribution in [0, 0.1) is 0 Å². The van der Waals surface area contributed by atoms with Crippen LogP contribution in [0.1, 0.15) is 80.9 Å². The fraction of sp³-hybridized carbons (Fsp3) is 0.700. The Bertz CT molecular complexity index is 650. The molecule has 6 heteroatoms. The van der Waals surface area contributed by atoms with Crippen LogP contribution in [0.4, 0.5) is 0 Å². The Balaban J connectivity index is 1.35. The van der Waals surface area contributed by atoms with Crippen molar-refractivity contribution < 1.29 is 0 Å². The number of hydrogen-bond acceptors (Lipinski definition) is 4. The molecule has 2 aliphatic rings. The summed E-state index contributed by atoms with van der Waals surface area (Å²) in [4.78, 5) is 12.6. The number of nitrogens with one attached hydrogen (secondary N) is 3. The number of piperidine rings is 1. The summed E-state index contributed by atoms with van der Waals surface area (Å²) < 4.78 is 2.27. The number of rotatable bonds is 6. The van der Waals surface area contributed by atoms with Gasteiger partial charge in [0.15, 0.2) is 0 Å². The first-order chi connectivity index (χ1) is 12.8. The van der Waals surface area contributed by atoms with Crippen LogP contribution in [0.25, 0.3) is 0 Å². The molecule has 0 amide bonds. The topological polar surface area (TPSA) is 70.6 Å². The van der Waals surface area contributed by atoms with Crippen molar-refractivity contribution in [2.75, 3.05) is 13.6 Å². The van der Waals surface area contributed by atoms with E-state index in [1.807, 2.05) is 19.6 Å². The van der Waals surface area contributed by atoms with Gasteiger partial charge in [-0.25, -0.2) is 9.97 Å². The van der Waals surface area contributed by atoms with Gasteiger partial charge < -0.3 is 20.2 Å². The second-order valence-corrected chi connectivity index (χ2v) is 7.96. The van der Waals surface area contributed by atoms with Gasteiger partial charge in [0.2, 0.25) is 0 Å². The van der Waals surface area contributed by atoms with Crippen LogP contribution in [0.15, 0.2) is 24.9 Å². The maximum absolute atomic E-state index is 4.74. The van der Waals surface area contributed by atoms with Gasteiger partial charge in [0.05, 0.1) is 12.4 Å². The lowest BCUT2D eigenvalue weighted by molar-refractivity contribution is 0.319. The number of aromatic amines is 1. The largest absolute Gasteiger partial charge is 0.344 e. The summed E-state index contributed by atoms with van der Waals surface area (Å²) in [6, 6.07) is 1.53. The quantitative estimate of drug-likeness (QED) is 0.743. The molecule has 142 valence electrons. The summed E-state index contributed by atoms with van der Waals surface area (Å²) in [6.07, 6.45) is 17.9. The van der Waals surface area contributed by atoms with E-state index < -0.39 is 0 Å². The Kier molecular flexibility index (Phi) is 5.70. The molecule has 3 N–H and O–H groups in total. The molecule has 26 heavy (non-hydrogen) atoms. The molecule has 0 bridgehead atoms. The lowest BCUT2D eigenvalue weighted by Gasteiger charge is -2.29. The first-order valence-electron chi connectivity index (χ1n) is 10.3. The monoisotopic (exact) mass is 356 g/mol. The van der Waals surface area contributed by atoms with Gasteiger partial charge in [0.1, 0.15) is 5.82 Å². The molecule has 1 unspecified atom stereocenters. The van der Waals surface area contributed by atoms with Crippen molar-refractivity contribution in [3.8, 4) is 0 Å². The molecule has 3 heterocycles. The van der Waals surface area contributed by atoms with Gasteiger partial charge in [-0.15, -0.1) is 0 Å². The Hall–Kier alpha value is -1.66. The van der Waals surface area contributed by atoms with Gasteiger partial charge >= 0.3 is 0 Å². The average Bonchev–Trinajstić information content (AvgIpc) is 3.39. The van der Waals surface area contributed by atoms with Crippen LogP contribution < -0.4 is 10.6 Å². The number of aromatic nitrogens is 4. The highest BCUT2D eigenvalue weighted by molar-refractivity contribution is 5.11. The lowest BCUT2D eigenvalue weighted by atomic mass is 9.84. The van der Waals surface area contributed by atoms with E-state index in [1.54, 1.807) is 0 Å². The first-order valence-corrected chi connectivity index (χ1v) is 10.3. The third-order valence-electron chi connectivity index (χ3n) is 6.31. The molecule has 1 aliphatic heterocycles. The van der Waals surface area contributed by atoms with E-state index in [9.17, 15) is 0 Å². The molecule has 2 aromatic rings. The molecule has 1 aliphatic carbocycles. The van der Waals surface area contributed by atoms with Crippen molar-refractivity contribution in [1.29, 1.82) is 0 Å². The maximum atomic E-state index is 4.74. The SMILES string of the molecule is CN[C@@H](CC1CCCCN1)c1ncc(C2CCC(n3ccnc3)CC2)[nH]1. The van der Waals surface area contributed by atoms with Gasteiger partial charge in [0.25, 0.3) is 0 Å². The molecular weight excluding hydrogens is 324 g/mol. The Morgan fingerprint density at radius 1 is 1.23 bits per heavy atom. The maximum Gasteiger partial charge on any atom is 0.123 e. The molecule has 0 spiro atoms. The highest BCUT2D eigenvalue weighted by atomic mass is 15.1. The summed E-state index contributed by atoms with van der Waals surface area (Å²) in [5, 5.41) is 7.12. The second-order valence-electron chi connectivity index (χ2n) is 7.96. The molecule has 2 atom stereocenters. The van der Waals surface area contributed by atoms with Gasteiger partial charge in [-0.3, -0.25) is 0 Å². The zero-order chi connectivity index (χ0) is 17.8. The molecule has 0 radical (unpaired) electrons. The number of hydrogen-bond donors (Lipinski definition) is 3. The summed E-state index contributed by atoms with van der Waals surface area (Å²) in [6.45, 7) is 1.16. The van der Waals surface area contributed by atoms with Gasteiger partial charge in [0, 0.05) is 42.3 Å². The third kappa shape index (κ3) is 4.01. The van der Waals surface area contributed by atoms with E-state index in [4.69, 9.17) is 4.98 Å². The normalized spacial score (nSPS) is 28.1. The Morgan fingerprint density at radius 2 is 2.12 bits per heavy atom. The van der Waals surface area contributed by atoms with Crippen molar-refractivity contribution in [2.24, 2.45) is 0 Å². The van der Waals surface area contributed by atoms with Crippen LogP contribution in [0.5, 0.6) is 0 Å². The summed E-state index contributed by atoms with van der Waals surface area (Å²) >= 11 is 0. The lowest BCUT2D eigenvalue weighted by Crippen LogP contribution is -2.37. The highest BCUT2D eigenvalue weighted by Gasteiger charge is 2.26. The van der Waals surface area contributed by atoms with Crippen LogP contribution in [-0.2, 0) is 0 Å². The van der Waals surface area contributed by atoms with Gasteiger partial charge in [-0.2, -0.15) is 0 Å².